The van der Waals surface area contributed by atoms with Gasteiger partial charge in [-0.1, -0.05) is 84.9 Å². The number of aryl methyl sites for hydroxylation is 2. The highest BCUT2D eigenvalue weighted by atomic mass is 16.1. The molecule has 1 aromatic heterocycles. The Balaban J connectivity index is 1.55. The number of anilines is 1. The van der Waals surface area contributed by atoms with E-state index in [1.54, 1.807) is 0 Å². The lowest BCUT2D eigenvalue weighted by Gasteiger charge is -2.13. The smallest absolute Gasteiger partial charge is 0.256 e. The number of hydrogen-bond donors (Lipinski definition) is 1. The molecule has 0 fully saturated rings. The summed E-state index contributed by atoms with van der Waals surface area (Å²) in [5.41, 5.74) is 8.45. The van der Waals surface area contributed by atoms with Gasteiger partial charge in [0.25, 0.3) is 5.91 Å². The van der Waals surface area contributed by atoms with Crippen molar-refractivity contribution < 1.29 is 4.79 Å². The summed E-state index contributed by atoms with van der Waals surface area (Å²) in [6.45, 7) is 4.02. The molecule has 1 heterocycles. The summed E-state index contributed by atoms with van der Waals surface area (Å²) in [4.78, 5) is 18.2. The molecule has 3 nitrogen and oxygen atoms in total. The van der Waals surface area contributed by atoms with Crippen LogP contribution in [0.1, 0.15) is 21.5 Å². The second-order valence-corrected chi connectivity index (χ2v) is 8.29. The third kappa shape index (κ3) is 4.26. The molecule has 4 aromatic carbocycles. The van der Waals surface area contributed by atoms with E-state index in [4.69, 9.17) is 4.98 Å². The summed E-state index contributed by atoms with van der Waals surface area (Å²) in [5, 5.41) is 3.94. The van der Waals surface area contributed by atoms with Crippen molar-refractivity contribution in [1.29, 1.82) is 0 Å². The van der Waals surface area contributed by atoms with Crippen LogP contribution in [0.15, 0.2) is 103 Å². The first-order valence-electron chi connectivity index (χ1n) is 11.0. The van der Waals surface area contributed by atoms with Gasteiger partial charge in [0.05, 0.1) is 16.8 Å². The van der Waals surface area contributed by atoms with Crippen LogP contribution in [-0.2, 0) is 0 Å². The number of para-hydroxylation sites is 1. The van der Waals surface area contributed by atoms with Crippen molar-refractivity contribution >= 4 is 22.5 Å². The van der Waals surface area contributed by atoms with Crippen LogP contribution in [0.3, 0.4) is 0 Å². The number of benzene rings is 4. The van der Waals surface area contributed by atoms with Crippen LogP contribution in [0.5, 0.6) is 0 Å². The lowest BCUT2D eigenvalue weighted by atomic mass is 10.0. The van der Waals surface area contributed by atoms with Gasteiger partial charge in [0.15, 0.2) is 0 Å². The van der Waals surface area contributed by atoms with Crippen LogP contribution >= 0.6 is 0 Å². The lowest BCUT2D eigenvalue weighted by molar-refractivity contribution is 0.102. The first-order chi connectivity index (χ1) is 16.1. The minimum atomic E-state index is -0.135. The molecule has 160 valence electrons. The zero-order valence-electron chi connectivity index (χ0n) is 18.7. The molecule has 5 rings (SSSR count). The van der Waals surface area contributed by atoms with Crippen LogP contribution < -0.4 is 5.32 Å². The maximum atomic E-state index is 13.4. The van der Waals surface area contributed by atoms with Gasteiger partial charge in [-0.3, -0.25) is 4.79 Å². The van der Waals surface area contributed by atoms with Crippen LogP contribution in [-0.4, -0.2) is 10.9 Å². The molecule has 1 amide bonds. The van der Waals surface area contributed by atoms with Gasteiger partial charge in [0.2, 0.25) is 0 Å². The van der Waals surface area contributed by atoms with Gasteiger partial charge in [0.1, 0.15) is 0 Å². The largest absolute Gasteiger partial charge is 0.322 e. The number of amides is 1. The second-order valence-electron chi connectivity index (χ2n) is 8.29. The van der Waals surface area contributed by atoms with Crippen molar-refractivity contribution in [1.82, 2.24) is 4.98 Å². The third-order valence-corrected chi connectivity index (χ3v) is 5.89. The Labute approximate surface area is 193 Å². The van der Waals surface area contributed by atoms with Crippen molar-refractivity contribution in [2.24, 2.45) is 0 Å². The highest BCUT2D eigenvalue weighted by Gasteiger charge is 2.15. The highest BCUT2D eigenvalue weighted by Crippen LogP contribution is 2.28. The molecule has 0 aliphatic heterocycles. The van der Waals surface area contributed by atoms with E-state index in [1.165, 1.54) is 5.56 Å². The Morgan fingerprint density at radius 3 is 2.15 bits per heavy atom. The van der Waals surface area contributed by atoms with Crippen LogP contribution in [0.4, 0.5) is 5.69 Å². The van der Waals surface area contributed by atoms with Gasteiger partial charge >= 0.3 is 0 Å². The van der Waals surface area contributed by atoms with Crippen molar-refractivity contribution in [2.45, 2.75) is 13.8 Å². The second kappa shape index (κ2) is 8.71. The summed E-state index contributed by atoms with van der Waals surface area (Å²) in [6, 6.07) is 34.3. The molecular formula is C30H24N2O. The number of carbonyl (C=O) groups is 1. The first kappa shape index (κ1) is 20.7. The molecular weight excluding hydrogens is 404 g/mol. The van der Waals surface area contributed by atoms with Gasteiger partial charge in [0, 0.05) is 16.6 Å². The Hall–Kier alpha value is -4.24. The molecule has 5 aromatic rings. The number of nitrogens with one attached hydrogen (secondary N) is 1. The molecule has 0 spiro atoms. The van der Waals surface area contributed by atoms with Gasteiger partial charge in [-0.05, 0) is 54.3 Å². The molecule has 3 heteroatoms. The topological polar surface area (TPSA) is 42.0 Å². The number of carbonyl (C=O) groups excluding carboxylic acids is 1. The van der Waals surface area contributed by atoms with Crippen LogP contribution in [0.25, 0.3) is 33.3 Å². The molecule has 0 saturated carbocycles. The van der Waals surface area contributed by atoms with Gasteiger partial charge in [-0.15, -0.1) is 0 Å². The van der Waals surface area contributed by atoms with Gasteiger partial charge < -0.3 is 5.32 Å². The molecule has 0 radical (unpaired) electrons. The van der Waals surface area contributed by atoms with E-state index in [2.05, 4.69) is 41.7 Å². The molecule has 1 N–H and O–H groups in total. The van der Waals surface area contributed by atoms with Gasteiger partial charge in [-0.25, -0.2) is 4.98 Å². The van der Waals surface area contributed by atoms with Crippen molar-refractivity contribution in [3.8, 4) is 22.4 Å². The number of nitrogens with zero attached hydrogens (tertiary/aromatic N) is 1. The normalized spacial score (nSPS) is 10.8. The highest BCUT2D eigenvalue weighted by molar-refractivity contribution is 6.13. The van der Waals surface area contributed by atoms with Crippen molar-refractivity contribution in [3.63, 3.8) is 0 Å². The zero-order chi connectivity index (χ0) is 22.8. The maximum absolute atomic E-state index is 13.4. The van der Waals surface area contributed by atoms with Crippen LogP contribution in [0, 0.1) is 13.8 Å². The van der Waals surface area contributed by atoms with E-state index >= 15 is 0 Å². The van der Waals surface area contributed by atoms with E-state index in [0.29, 0.717) is 5.56 Å². The molecule has 33 heavy (non-hydrogen) atoms. The molecule has 0 saturated heterocycles. The third-order valence-electron chi connectivity index (χ3n) is 5.89. The van der Waals surface area contributed by atoms with E-state index < -0.39 is 0 Å². The average Bonchev–Trinajstić information content (AvgIpc) is 2.86. The summed E-state index contributed by atoms with van der Waals surface area (Å²) in [7, 11) is 0. The van der Waals surface area contributed by atoms with E-state index in [-0.39, 0.29) is 5.91 Å². The average molecular weight is 429 g/mol. The Bertz CT molecular complexity index is 1450. The number of hydrogen-bond acceptors (Lipinski definition) is 2. The predicted molar refractivity (Wildman–Crippen MR) is 136 cm³/mol. The van der Waals surface area contributed by atoms with E-state index in [0.717, 1.165) is 44.5 Å². The summed E-state index contributed by atoms with van der Waals surface area (Å²) in [5.74, 6) is -0.135. The SMILES string of the molecule is Cc1ccc(C)c(NC(=O)c2cc(-c3ccc(-c4ccccc4)cc3)nc3ccccc23)c1. The van der Waals surface area contributed by atoms with Crippen molar-refractivity contribution in [2.75, 3.05) is 5.32 Å². The number of aromatic nitrogens is 1. The molecule has 0 atom stereocenters. The molecule has 0 aliphatic carbocycles. The quantitative estimate of drug-likeness (QED) is 0.323. The fraction of sp³-hybridized carbons (Fsp3) is 0.0667. The first-order valence-corrected chi connectivity index (χ1v) is 11.0. The fourth-order valence-electron chi connectivity index (χ4n) is 4.04. The van der Waals surface area contributed by atoms with Gasteiger partial charge in [-0.2, -0.15) is 0 Å². The summed E-state index contributed by atoms with van der Waals surface area (Å²) >= 11 is 0. The Kier molecular flexibility index (Phi) is 5.45. The maximum Gasteiger partial charge on any atom is 0.256 e. The fourth-order valence-corrected chi connectivity index (χ4v) is 4.04. The summed E-state index contributed by atoms with van der Waals surface area (Å²) < 4.78 is 0. The molecule has 0 bridgehead atoms. The minimum Gasteiger partial charge on any atom is -0.322 e. The number of rotatable bonds is 4. The lowest BCUT2D eigenvalue weighted by Crippen LogP contribution is -2.14. The number of fused-ring (bicyclic) bond motifs is 1. The van der Waals surface area contributed by atoms with Crippen LogP contribution in [0.2, 0.25) is 0 Å². The number of pyridine rings is 1. The Morgan fingerprint density at radius 2 is 1.36 bits per heavy atom. The van der Waals surface area contributed by atoms with E-state index in [9.17, 15) is 4.79 Å². The monoisotopic (exact) mass is 428 g/mol. The molecule has 0 aliphatic rings. The predicted octanol–water partition coefficient (Wildman–Crippen LogP) is 7.44. The minimum absolute atomic E-state index is 0.135. The standard InChI is InChI=1S/C30H24N2O/c1-20-12-13-21(2)28(18-20)32-30(33)26-19-29(31-27-11-7-6-10-25(26)27)24-16-14-23(15-17-24)22-8-4-3-5-9-22/h3-19H,1-2H3,(H,32,33). The molecule has 0 unspecified atom stereocenters. The van der Waals surface area contributed by atoms with E-state index in [1.807, 2.05) is 80.6 Å². The summed E-state index contributed by atoms with van der Waals surface area (Å²) in [6.07, 6.45) is 0. The Morgan fingerprint density at radius 1 is 0.697 bits per heavy atom. The zero-order valence-corrected chi connectivity index (χ0v) is 18.7. The van der Waals surface area contributed by atoms with Crippen molar-refractivity contribution in [3.05, 3.63) is 120 Å².